The third-order valence-corrected chi connectivity index (χ3v) is 6.02. The molecular weight excluding hydrogens is 527 g/mol. The molecule has 0 spiro atoms. The molecule has 0 unspecified atom stereocenters. The second-order valence-electron chi connectivity index (χ2n) is 9.17. The molecule has 0 saturated heterocycles. The largest absolute Gasteiger partial charge is 0.416 e. The predicted molar refractivity (Wildman–Crippen MR) is 147 cm³/mol. The van der Waals surface area contributed by atoms with E-state index in [1.807, 2.05) is 30.3 Å². The highest BCUT2D eigenvalue weighted by molar-refractivity contribution is 5.98. The molecule has 9 N–H and O–H groups in total. The minimum Gasteiger partial charge on any atom is -0.343 e. The van der Waals surface area contributed by atoms with Crippen LogP contribution in [0.3, 0.4) is 0 Å². The van der Waals surface area contributed by atoms with Crippen LogP contribution in [0.15, 0.2) is 54.6 Å². The molecule has 220 valence electrons. The highest BCUT2D eigenvalue weighted by Crippen LogP contribution is 2.30. The number of benzene rings is 2. The van der Waals surface area contributed by atoms with Crippen molar-refractivity contribution in [3.05, 3.63) is 65.7 Å². The molecule has 0 bridgehead atoms. The molecule has 40 heavy (non-hydrogen) atoms. The normalized spacial score (nSPS) is 12.8. The van der Waals surface area contributed by atoms with Crippen LogP contribution in [0.4, 0.5) is 18.9 Å². The second kappa shape index (κ2) is 16.6. The Kier molecular flexibility index (Phi) is 13.5. The molecule has 0 radical (unpaired) electrons. The molecule has 2 aromatic carbocycles. The van der Waals surface area contributed by atoms with Gasteiger partial charge >= 0.3 is 6.18 Å². The first kappa shape index (κ1) is 32.7. The highest BCUT2D eigenvalue weighted by Gasteiger charge is 2.31. The number of hydrogen-bond acceptors (Lipinski definition) is 7. The number of amides is 3. The lowest BCUT2D eigenvalue weighted by Crippen LogP contribution is -2.52. The second-order valence-corrected chi connectivity index (χ2v) is 9.17. The summed E-state index contributed by atoms with van der Waals surface area (Å²) in [6, 6.07) is 11.0. The predicted octanol–water partition coefficient (Wildman–Crippen LogP) is 0.815. The monoisotopic (exact) mass is 565 g/mol. The number of nitrogens with two attached hydrogens (primary N) is 3. The zero-order valence-corrected chi connectivity index (χ0v) is 22.3. The number of carbonyl (C=O) groups is 3. The number of halogens is 3. The number of nitrogens with one attached hydrogen (secondary N) is 3. The molecule has 2 atom stereocenters. The Labute approximate surface area is 231 Å². The number of carbonyl (C=O) groups excluding carboxylic acids is 3. The zero-order chi connectivity index (χ0) is 29.5. The fourth-order valence-corrected chi connectivity index (χ4v) is 3.87. The van der Waals surface area contributed by atoms with Gasteiger partial charge in [0.05, 0.1) is 18.0 Å². The van der Waals surface area contributed by atoms with Gasteiger partial charge in [0.15, 0.2) is 0 Å². The van der Waals surface area contributed by atoms with Gasteiger partial charge in [-0.2, -0.15) is 13.2 Å². The van der Waals surface area contributed by atoms with E-state index in [0.29, 0.717) is 32.6 Å². The lowest BCUT2D eigenvalue weighted by molar-refractivity contribution is -0.137. The summed E-state index contributed by atoms with van der Waals surface area (Å²) in [6.07, 6.45) is -4.36. The summed E-state index contributed by atoms with van der Waals surface area (Å²) in [7, 11) is 0. The van der Waals surface area contributed by atoms with Gasteiger partial charge in [-0.3, -0.25) is 14.4 Å². The van der Waals surface area contributed by atoms with Crippen LogP contribution in [0.1, 0.15) is 24.0 Å². The van der Waals surface area contributed by atoms with Gasteiger partial charge < -0.3 is 38.1 Å². The average Bonchev–Trinajstić information content (AvgIpc) is 2.92. The van der Waals surface area contributed by atoms with E-state index in [0.717, 1.165) is 17.7 Å². The van der Waals surface area contributed by atoms with Crippen LogP contribution in [0, 0.1) is 0 Å². The van der Waals surface area contributed by atoms with Crippen molar-refractivity contribution in [1.82, 2.24) is 15.5 Å². The van der Waals surface area contributed by atoms with Crippen molar-refractivity contribution in [2.45, 2.75) is 37.5 Å². The average molecular weight is 566 g/mol. The summed E-state index contributed by atoms with van der Waals surface area (Å²) in [4.78, 5) is 40.3. The van der Waals surface area contributed by atoms with E-state index in [1.165, 1.54) is 17.0 Å². The third-order valence-electron chi connectivity index (χ3n) is 6.02. The van der Waals surface area contributed by atoms with E-state index in [4.69, 9.17) is 17.2 Å². The molecule has 0 saturated carbocycles. The third kappa shape index (κ3) is 11.3. The quantitative estimate of drug-likeness (QED) is 0.164. The lowest BCUT2D eigenvalue weighted by Gasteiger charge is -2.25. The first-order valence-corrected chi connectivity index (χ1v) is 13.0. The molecule has 2 rings (SSSR count). The number of rotatable bonds is 16. The van der Waals surface area contributed by atoms with Gasteiger partial charge in [0, 0.05) is 45.0 Å². The maximum absolute atomic E-state index is 13.1. The van der Waals surface area contributed by atoms with Crippen LogP contribution in [0.5, 0.6) is 0 Å². The highest BCUT2D eigenvalue weighted by atomic mass is 19.4. The van der Waals surface area contributed by atoms with E-state index >= 15 is 0 Å². The van der Waals surface area contributed by atoms with Crippen LogP contribution < -0.4 is 33.2 Å². The standard InChI is InChI=1S/C27H38F3N7O3/c28-27(29,30)20-7-4-8-21(17-20)35-26(40)23(10-9-19-5-2-1-3-6-19)36-25(39)22(33)18-24(38)37(15-12-32)16-14-34-13-11-31/h1-8,17,22-23,34H,9-16,18,31-33H2,(H,35,40)(H,36,39)/t22-,23-/m0/s1. The molecule has 3 amide bonds. The Morgan fingerprint density at radius 2 is 1.62 bits per heavy atom. The summed E-state index contributed by atoms with van der Waals surface area (Å²) in [6.45, 7) is 2.37. The van der Waals surface area contributed by atoms with Gasteiger partial charge in [0.1, 0.15) is 6.04 Å². The van der Waals surface area contributed by atoms with Crippen molar-refractivity contribution < 1.29 is 27.6 Å². The van der Waals surface area contributed by atoms with Crippen LogP contribution in [0.2, 0.25) is 0 Å². The summed E-state index contributed by atoms with van der Waals surface area (Å²) >= 11 is 0. The molecule has 13 heteroatoms. The Morgan fingerprint density at radius 3 is 2.27 bits per heavy atom. The topological polar surface area (TPSA) is 169 Å². The van der Waals surface area contributed by atoms with Crippen molar-refractivity contribution in [2.75, 3.05) is 44.6 Å². The lowest BCUT2D eigenvalue weighted by atomic mass is 10.0. The summed E-state index contributed by atoms with van der Waals surface area (Å²) in [5.74, 6) is -1.82. The van der Waals surface area contributed by atoms with Crippen LogP contribution >= 0.6 is 0 Å². The molecule has 0 aromatic heterocycles. The molecule has 0 heterocycles. The number of anilines is 1. The number of aryl methyl sites for hydroxylation is 1. The number of hydrogen-bond donors (Lipinski definition) is 6. The van der Waals surface area contributed by atoms with E-state index in [1.54, 1.807) is 0 Å². The smallest absolute Gasteiger partial charge is 0.343 e. The summed E-state index contributed by atoms with van der Waals surface area (Å²) < 4.78 is 39.3. The van der Waals surface area contributed by atoms with Gasteiger partial charge in [-0.1, -0.05) is 36.4 Å². The van der Waals surface area contributed by atoms with E-state index in [2.05, 4.69) is 16.0 Å². The van der Waals surface area contributed by atoms with Crippen LogP contribution in [-0.2, 0) is 27.0 Å². The van der Waals surface area contributed by atoms with E-state index < -0.39 is 35.6 Å². The molecular formula is C27H38F3N7O3. The van der Waals surface area contributed by atoms with Crippen LogP contribution in [-0.4, -0.2) is 74.0 Å². The molecule has 0 fully saturated rings. The minimum atomic E-state index is -4.58. The van der Waals surface area contributed by atoms with E-state index in [-0.39, 0.29) is 37.5 Å². The Morgan fingerprint density at radius 1 is 0.900 bits per heavy atom. The molecule has 10 nitrogen and oxygen atoms in total. The molecule has 0 aliphatic heterocycles. The first-order valence-electron chi connectivity index (χ1n) is 13.0. The van der Waals surface area contributed by atoms with Crippen LogP contribution in [0.25, 0.3) is 0 Å². The Hall–Kier alpha value is -3.52. The van der Waals surface area contributed by atoms with E-state index in [9.17, 15) is 27.6 Å². The summed E-state index contributed by atoms with van der Waals surface area (Å²) in [5, 5.41) is 8.09. The minimum absolute atomic E-state index is 0.0704. The first-order chi connectivity index (χ1) is 19.0. The SMILES string of the molecule is NCCNCCN(CCN)C(=O)C[C@H](N)C(=O)N[C@@H](CCc1ccccc1)C(=O)Nc1cccc(C(F)(F)F)c1. The van der Waals surface area contributed by atoms with Gasteiger partial charge in [-0.15, -0.1) is 0 Å². The molecule has 0 aliphatic rings. The van der Waals surface area contributed by atoms with Crippen molar-refractivity contribution in [2.24, 2.45) is 17.2 Å². The maximum Gasteiger partial charge on any atom is 0.416 e. The van der Waals surface area contributed by atoms with Crippen molar-refractivity contribution in [3.63, 3.8) is 0 Å². The fourth-order valence-electron chi connectivity index (χ4n) is 3.87. The van der Waals surface area contributed by atoms with Crippen molar-refractivity contribution in [3.8, 4) is 0 Å². The molecule has 2 aromatic rings. The molecule has 0 aliphatic carbocycles. The van der Waals surface area contributed by atoms with Gasteiger partial charge in [0.25, 0.3) is 0 Å². The van der Waals surface area contributed by atoms with Gasteiger partial charge in [-0.05, 0) is 36.6 Å². The van der Waals surface area contributed by atoms with Gasteiger partial charge in [-0.25, -0.2) is 0 Å². The Bertz CT molecular complexity index is 1090. The van der Waals surface area contributed by atoms with Crippen molar-refractivity contribution >= 4 is 23.4 Å². The van der Waals surface area contributed by atoms with Gasteiger partial charge in [0.2, 0.25) is 17.7 Å². The fraction of sp³-hybridized carbons (Fsp3) is 0.444. The number of nitrogens with zero attached hydrogens (tertiary/aromatic N) is 1. The maximum atomic E-state index is 13.1. The summed E-state index contributed by atoms with van der Waals surface area (Å²) in [5.41, 5.74) is 17.0. The number of alkyl halides is 3. The zero-order valence-electron chi connectivity index (χ0n) is 22.3. The Balaban J connectivity index is 2.09. The van der Waals surface area contributed by atoms with Crippen molar-refractivity contribution in [1.29, 1.82) is 0 Å².